The lowest BCUT2D eigenvalue weighted by atomic mass is 10.1. The van der Waals surface area contributed by atoms with Crippen LogP contribution in [-0.4, -0.2) is 21.3 Å². The van der Waals surface area contributed by atoms with Crippen molar-refractivity contribution in [2.45, 2.75) is 6.42 Å². The molecule has 1 heterocycles. The Morgan fingerprint density at radius 3 is 2.86 bits per heavy atom. The molecule has 0 radical (unpaired) electrons. The van der Waals surface area contributed by atoms with Crippen LogP contribution in [0.2, 0.25) is 0 Å². The van der Waals surface area contributed by atoms with Crippen molar-refractivity contribution in [3.05, 3.63) is 66.2 Å². The normalized spacial score (nSPS) is 11.2. The van der Waals surface area contributed by atoms with Gasteiger partial charge < -0.3 is 10.1 Å². The van der Waals surface area contributed by atoms with Crippen LogP contribution in [0.5, 0.6) is 5.75 Å². The van der Waals surface area contributed by atoms with Crippen LogP contribution in [0.25, 0.3) is 11.0 Å². The molecule has 0 unspecified atom stereocenters. The highest BCUT2D eigenvalue weighted by atomic mass is 16.3. The topological polar surface area (TPSA) is 61.3 Å². The van der Waals surface area contributed by atoms with Gasteiger partial charge in [0, 0.05) is 11.8 Å². The van der Waals surface area contributed by atoms with E-state index in [9.17, 15) is 5.11 Å². The second kappa shape index (κ2) is 5.63. The Morgan fingerprint density at radius 1 is 1.19 bits per heavy atom. The summed E-state index contributed by atoms with van der Waals surface area (Å²) in [7, 11) is 0. The van der Waals surface area contributed by atoms with Gasteiger partial charge >= 0.3 is 0 Å². The molecule has 2 aromatic carbocycles. The molecular formula is C17H15N3O. The molecule has 0 saturated carbocycles. The van der Waals surface area contributed by atoms with E-state index in [2.05, 4.69) is 21.5 Å². The number of phenolic OH excluding ortho intramolecular Hbond substituents is 1. The van der Waals surface area contributed by atoms with E-state index in [0.717, 1.165) is 16.6 Å². The van der Waals surface area contributed by atoms with Gasteiger partial charge in [-0.05, 0) is 30.2 Å². The number of benzene rings is 2. The molecule has 0 fully saturated rings. The molecule has 0 atom stereocenters. The van der Waals surface area contributed by atoms with Crippen molar-refractivity contribution in [1.82, 2.24) is 9.97 Å². The quantitative estimate of drug-likeness (QED) is 0.563. The third-order valence-electron chi connectivity index (χ3n) is 3.22. The van der Waals surface area contributed by atoms with Gasteiger partial charge in [0.15, 0.2) is 0 Å². The maximum atomic E-state index is 10.2. The summed E-state index contributed by atoms with van der Waals surface area (Å²) in [6.45, 7) is 3.68. The monoisotopic (exact) mass is 277 g/mol. The lowest BCUT2D eigenvalue weighted by Crippen LogP contribution is -1.88. The smallest absolute Gasteiger partial charge is 0.227 e. The van der Waals surface area contributed by atoms with Crippen molar-refractivity contribution in [3.8, 4) is 5.75 Å². The third kappa shape index (κ3) is 2.69. The number of hydrogen-bond acceptors (Lipinski definition) is 3. The van der Waals surface area contributed by atoms with Crippen LogP contribution in [0.3, 0.4) is 0 Å². The number of hydrogen-bond donors (Lipinski definition) is 2. The second-order valence-corrected chi connectivity index (χ2v) is 4.68. The number of phenols is 1. The summed E-state index contributed by atoms with van der Waals surface area (Å²) in [5.74, 6) is 0.752. The van der Waals surface area contributed by atoms with Crippen LogP contribution >= 0.6 is 0 Å². The highest BCUT2D eigenvalue weighted by Crippen LogP contribution is 2.22. The van der Waals surface area contributed by atoms with Gasteiger partial charge in [0.2, 0.25) is 5.95 Å². The lowest BCUT2D eigenvalue weighted by molar-refractivity contribution is 0.469. The van der Waals surface area contributed by atoms with E-state index in [1.165, 1.54) is 0 Å². The number of H-pyrrole nitrogens is 1. The van der Waals surface area contributed by atoms with Gasteiger partial charge in [0.1, 0.15) is 5.75 Å². The standard InChI is InChI=1S/C17H15N3O/c1-2-6-12-7-5-8-13(16(12)21)11-18-17-19-14-9-3-4-10-15(14)20-17/h2-5,7-11,21H,1,6H2,(H,19,20). The van der Waals surface area contributed by atoms with E-state index in [-0.39, 0.29) is 5.75 Å². The minimum Gasteiger partial charge on any atom is -0.507 e. The Bertz CT molecular complexity index is 785. The fraction of sp³-hybridized carbons (Fsp3) is 0.0588. The van der Waals surface area contributed by atoms with Crippen molar-refractivity contribution >= 4 is 23.2 Å². The van der Waals surface area contributed by atoms with Gasteiger partial charge in [0.05, 0.1) is 11.0 Å². The van der Waals surface area contributed by atoms with Gasteiger partial charge in [-0.15, -0.1) is 6.58 Å². The van der Waals surface area contributed by atoms with Gasteiger partial charge in [0.25, 0.3) is 0 Å². The minimum absolute atomic E-state index is 0.234. The number of aromatic nitrogens is 2. The maximum absolute atomic E-state index is 10.2. The Hall–Kier alpha value is -2.88. The number of aromatic amines is 1. The summed E-state index contributed by atoms with van der Waals surface area (Å²) in [6.07, 6.45) is 3.99. The van der Waals surface area contributed by atoms with E-state index < -0.39 is 0 Å². The summed E-state index contributed by atoms with van der Waals surface area (Å²) >= 11 is 0. The highest BCUT2D eigenvalue weighted by Gasteiger charge is 2.04. The first-order chi connectivity index (χ1) is 10.3. The zero-order valence-electron chi connectivity index (χ0n) is 11.5. The first kappa shape index (κ1) is 13.1. The van der Waals surface area contributed by atoms with Crippen LogP contribution in [0.15, 0.2) is 60.1 Å². The zero-order valence-corrected chi connectivity index (χ0v) is 11.5. The molecule has 0 spiro atoms. The number of aliphatic imine (C=N–C) groups is 1. The van der Waals surface area contributed by atoms with Crippen LogP contribution in [0.4, 0.5) is 5.95 Å². The summed E-state index contributed by atoms with van der Waals surface area (Å²) in [4.78, 5) is 11.8. The molecule has 0 aliphatic heterocycles. The van der Waals surface area contributed by atoms with Crippen molar-refractivity contribution in [2.24, 2.45) is 4.99 Å². The largest absolute Gasteiger partial charge is 0.507 e. The van der Waals surface area contributed by atoms with Gasteiger partial charge in [-0.3, -0.25) is 0 Å². The summed E-state index contributed by atoms with van der Waals surface area (Å²) in [5.41, 5.74) is 3.30. The summed E-state index contributed by atoms with van der Waals surface area (Å²) in [6, 6.07) is 13.3. The lowest BCUT2D eigenvalue weighted by Gasteiger charge is -2.03. The molecule has 3 aromatic rings. The number of nitrogens with one attached hydrogen (secondary N) is 1. The average molecular weight is 277 g/mol. The number of aromatic hydroxyl groups is 1. The fourth-order valence-corrected chi connectivity index (χ4v) is 2.17. The Balaban J connectivity index is 1.92. The first-order valence-corrected chi connectivity index (χ1v) is 6.68. The highest BCUT2D eigenvalue weighted by molar-refractivity contribution is 5.86. The Morgan fingerprint density at radius 2 is 2.05 bits per heavy atom. The number of para-hydroxylation sites is 3. The van der Waals surface area contributed by atoms with Crippen LogP contribution in [0, 0.1) is 0 Å². The third-order valence-corrected chi connectivity index (χ3v) is 3.22. The summed E-state index contributed by atoms with van der Waals surface area (Å²) in [5, 5.41) is 10.2. The number of imidazole rings is 1. The zero-order chi connectivity index (χ0) is 14.7. The molecule has 0 aliphatic rings. The molecule has 21 heavy (non-hydrogen) atoms. The number of rotatable bonds is 4. The van der Waals surface area contributed by atoms with Crippen LogP contribution < -0.4 is 0 Å². The predicted molar refractivity (Wildman–Crippen MR) is 85.4 cm³/mol. The van der Waals surface area contributed by atoms with E-state index in [1.54, 1.807) is 12.3 Å². The molecule has 1 aromatic heterocycles. The van der Waals surface area contributed by atoms with Gasteiger partial charge in [-0.25, -0.2) is 9.98 Å². The molecule has 2 N–H and O–H groups in total. The van der Waals surface area contributed by atoms with E-state index in [0.29, 0.717) is 17.9 Å². The van der Waals surface area contributed by atoms with E-state index in [1.807, 2.05) is 42.5 Å². The maximum Gasteiger partial charge on any atom is 0.227 e. The Labute approximate surface area is 122 Å². The van der Waals surface area contributed by atoms with E-state index in [4.69, 9.17) is 0 Å². The molecule has 0 bridgehead atoms. The molecule has 4 heteroatoms. The molecule has 104 valence electrons. The first-order valence-electron chi connectivity index (χ1n) is 6.68. The van der Waals surface area contributed by atoms with Crippen LogP contribution in [0.1, 0.15) is 11.1 Å². The van der Waals surface area contributed by atoms with Gasteiger partial charge in [-0.2, -0.15) is 0 Å². The predicted octanol–water partition coefficient (Wildman–Crippen LogP) is 3.75. The number of nitrogens with zero attached hydrogens (tertiary/aromatic N) is 2. The summed E-state index contributed by atoms with van der Waals surface area (Å²) < 4.78 is 0. The number of fused-ring (bicyclic) bond motifs is 1. The molecule has 0 aliphatic carbocycles. The van der Waals surface area contributed by atoms with Crippen LogP contribution in [-0.2, 0) is 6.42 Å². The SMILES string of the molecule is C=CCc1cccc(C=Nc2nc3ccccc3[nH]2)c1O. The number of allylic oxidation sites excluding steroid dienone is 1. The molecule has 3 rings (SSSR count). The second-order valence-electron chi connectivity index (χ2n) is 4.68. The molecule has 0 saturated heterocycles. The molecular weight excluding hydrogens is 262 g/mol. The van der Waals surface area contributed by atoms with Crippen molar-refractivity contribution in [3.63, 3.8) is 0 Å². The van der Waals surface area contributed by atoms with Crippen molar-refractivity contribution in [1.29, 1.82) is 0 Å². The Kier molecular flexibility index (Phi) is 3.51. The van der Waals surface area contributed by atoms with Crippen molar-refractivity contribution in [2.75, 3.05) is 0 Å². The molecule has 4 nitrogen and oxygen atoms in total. The van der Waals surface area contributed by atoms with E-state index >= 15 is 0 Å². The molecule has 0 amide bonds. The minimum atomic E-state index is 0.234. The fourth-order valence-electron chi connectivity index (χ4n) is 2.17. The van der Waals surface area contributed by atoms with Gasteiger partial charge in [-0.1, -0.05) is 30.3 Å². The average Bonchev–Trinajstić information content (AvgIpc) is 2.91. The van der Waals surface area contributed by atoms with Crippen molar-refractivity contribution < 1.29 is 5.11 Å².